The van der Waals surface area contributed by atoms with Crippen molar-refractivity contribution < 1.29 is 8.42 Å². The number of hydrogen-bond acceptors (Lipinski definition) is 9. The number of thiazole rings is 1. The molecule has 0 aliphatic heterocycles. The number of nitrogens with zero attached hydrogens (tertiary/aromatic N) is 5. The topological polar surface area (TPSA) is 117 Å². The van der Waals surface area contributed by atoms with E-state index in [1.807, 2.05) is 38.4 Å². The molecule has 2 N–H and O–H groups in total. The maximum atomic E-state index is 12.5. The Hall–Kier alpha value is -2.89. The zero-order valence-electron chi connectivity index (χ0n) is 16.7. The van der Waals surface area contributed by atoms with Gasteiger partial charge >= 0.3 is 0 Å². The van der Waals surface area contributed by atoms with Crippen molar-refractivity contribution in [3.8, 4) is 22.5 Å². The van der Waals surface area contributed by atoms with Gasteiger partial charge in [0.1, 0.15) is 0 Å². The van der Waals surface area contributed by atoms with Gasteiger partial charge in [-0.25, -0.2) is 13.4 Å². The molecule has 2 heterocycles. The molecule has 11 heteroatoms. The molecule has 0 saturated heterocycles. The van der Waals surface area contributed by atoms with Gasteiger partial charge < -0.3 is 10.2 Å². The van der Waals surface area contributed by atoms with Gasteiger partial charge in [0.2, 0.25) is 5.82 Å². The zero-order chi connectivity index (χ0) is 21.3. The molecule has 0 radical (unpaired) electrons. The largest absolute Gasteiger partial charge is 0.360 e. The van der Waals surface area contributed by atoms with Gasteiger partial charge in [-0.15, -0.1) is 10.2 Å². The van der Waals surface area contributed by atoms with Crippen LogP contribution in [0.4, 0.5) is 5.13 Å². The first-order valence-electron chi connectivity index (χ1n) is 9.20. The molecule has 0 bridgehead atoms. The van der Waals surface area contributed by atoms with Crippen LogP contribution in [0.15, 0.2) is 41.3 Å². The minimum Gasteiger partial charge on any atom is -0.360 e. The molecule has 4 rings (SSSR count). The second-order valence-electron chi connectivity index (χ2n) is 7.09. The Balaban J connectivity index is 1.88. The Labute approximate surface area is 178 Å². The van der Waals surface area contributed by atoms with Crippen LogP contribution < -0.4 is 5.32 Å². The minimum absolute atomic E-state index is 0.151. The van der Waals surface area contributed by atoms with Crippen molar-refractivity contribution in [2.24, 2.45) is 0 Å². The second kappa shape index (κ2) is 8.09. The maximum absolute atomic E-state index is 12.5. The van der Waals surface area contributed by atoms with E-state index < -0.39 is 9.84 Å². The van der Waals surface area contributed by atoms with Crippen molar-refractivity contribution in [3.63, 3.8) is 0 Å². The van der Waals surface area contributed by atoms with Crippen LogP contribution in [0.1, 0.15) is 0 Å². The number of para-hydroxylation sites is 1. The monoisotopic (exact) mass is 443 g/mol. The number of nitrogens with one attached hydrogen (secondary N) is 2. The summed E-state index contributed by atoms with van der Waals surface area (Å²) in [6.45, 7) is 1.67. The molecule has 0 atom stereocenters. The predicted octanol–water partition coefficient (Wildman–Crippen LogP) is 2.52. The standard InChI is InChI=1S/C19H21N7O2S2/c1-26(2)11-10-20-19-21-17-13(7-4-8-14(17)29-19)12-6-5-9-15(30(3,27)28)16(12)18-22-24-25-23-18/h4-9H,10-11H2,1-3H3,(H,20,21)(H,22,23,24,25). The second-order valence-corrected chi connectivity index (χ2v) is 10.1. The molecule has 0 unspecified atom stereocenters. The lowest BCUT2D eigenvalue weighted by molar-refractivity contribution is 0.425. The molecule has 2 aromatic heterocycles. The number of fused-ring (bicyclic) bond motifs is 1. The van der Waals surface area contributed by atoms with E-state index in [0.29, 0.717) is 11.1 Å². The fraction of sp³-hybridized carbons (Fsp3) is 0.263. The lowest BCUT2D eigenvalue weighted by atomic mass is 9.98. The highest BCUT2D eigenvalue weighted by atomic mass is 32.2. The number of anilines is 1. The van der Waals surface area contributed by atoms with Gasteiger partial charge in [-0.2, -0.15) is 5.21 Å². The van der Waals surface area contributed by atoms with Crippen molar-refractivity contribution in [1.29, 1.82) is 0 Å². The Morgan fingerprint density at radius 3 is 2.60 bits per heavy atom. The van der Waals surface area contributed by atoms with Crippen LogP contribution in [0.5, 0.6) is 0 Å². The van der Waals surface area contributed by atoms with Crippen LogP contribution in [0.2, 0.25) is 0 Å². The molecule has 4 aromatic rings. The van der Waals surface area contributed by atoms with Crippen molar-refractivity contribution in [2.75, 3.05) is 38.8 Å². The van der Waals surface area contributed by atoms with E-state index in [0.717, 1.165) is 34.0 Å². The molecule has 30 heavy (non-hydrogen) atoms. The highest BCUT2D eigenvalue weighted by Crippen LogP contribution is 2.40. The van der Waals surface area contributed by atoms with Gasteiger partial charge in [0.05, 0.1) is 15.1 Å². The SMILES string of the molecule is CN(C)CCNc1nc2c(-c3cccc(S(C)(=O)=O)c3-c3nn[nH]n3)cccc2s1. The van der Waals surface area contributed by atoms with Crippen molar-refractivity contribution in [2.45, 2.75) is 4.90 Å². The van der Waals surface area contributed by atoms with Crippen molar-refractivity contribution in [3.05, 3.63) is 36.4 Å². The number of hydrogen-bond donors (Lipinski definition) is 2. The minimum atomic E-state index is -3.51. The summed E-state index contributed by atoms with van der Waals surface area (Å²) in [5.41, 5.74) is 2.71. The van der Waals surface area contributed by atoms with Gasteiger partial charge in [-0.3, -0.25) is 0 Å². The third-order valence-corrected chi connectivity index (χ3v) is 6.66. The smallest absolute Gasteiger partial charge is 0.206 e. The van der Waals surface area contributed by atoms with E-state index in [4.69, 9.17) is 4.98 Å². The molecule has 156 valence electrons. The summed E-state index contributed by atoms with van der Waals surface area (Å²) < 4.78 is 25.9. The summed E-state index contributed by atoms with van der Waals surface area (Å²) in [5, 5.41) is 18.3. The number of sulfone groups is 1. The molecule has 0 amide bonds. The van der Waals surface area contributed by atoms with Crippen molar-refractivity contribution in [1.82, 2.24) is 30.5 Å². The molecule has 0 aliphatic rings. The van der Waals surface area contributed by atoms with E-state index in [9.17, 15) is 8.42 Å². The van der Waals surface area contributed by atoms with E-state index in [-0.39, 0.29) is 10.7 Å². The molecule has 0 spiro atoms. The predicted molar refractivity (Wildman–Crippen MR) is 118 cm³/mol. The van der Waals surface area contributed by atoms with E-state index in [1.54, 1.807) is 23.5 Å². The normalized spacial score (nSPS) is 12.0. The van der Waals surface area contributed by atoms with Crippen LogP contribution in [0.3, 0.4) is 0 Å². The third kappa shape index (κ3) is 4.04. The molecule has 0 saturated carbocycles. The zero-order valence-corrected chi connectivity index (χ0v) is 18.4. The van der Waals surface area contributed by atoms with Gasteiger partial charge in [0.25, 0.3) is 0 Å². The number of aromatic nitrogens is 5. The molecule has 0 aliphatic carbocycles. The van der Waals surface area contributed by atoms with Crippen molar-refractivity contribution >= 4 is 36.5 Å². The van der Waals surface area contributed by atoms with E-state index in [2.05, 4.69) is 30.8 Å². The molecule has 0 fully saturated rings. The Morgan fingerprint density at radius 1 is 1.13 bits per heavy atom. The lowest BCUT2D eigenvalue weighted by Crippen LogP contribution is -2.20. The van der Waals surface area contributed by atoms with Crippen LogP contribution in [-0.2, 0) is 9.84 Å². The van der Waals surface area contributed by atoms with Crippen LogP contribution in [0.25, 0.3) is 32.7 Å². The first-order valence-corrected chi connectivity index (χ1v) is 11.9. The van der Waals surface area contributed by atoms with Gasteiger partial charge in [-0.05, 0) is 37.0 Å². The summed E-state index contributed by atoms with van der Waals surface area (Å²) >= 11 is 1.56. The van der Waals surface area contributed by atoms with Crippen LogP contribution >= 0.6 is 11.3 Å². The first kappa shape index (κ1) is 20.4. The fourth-order valence-corrected chi connectivity index (χ4v) is 5.01. The molecular formula is C19H21N7O2S2. The summed E-state index contributed by atoms with van der Waals surface area (Å²) in [7, 11) is 0.526. The summed E-state index contributed by atoms with van der Waals surface area (Å²) in [6.07, 6.45) is 1.17. The quantitative estimate of drug-likeness (QED) is 0.447. The number of tetrazole rings is 1. The number of aromatic amines is 1. The van der Waals surface area contributed by atoms with Gasteiger partial charge in [0.15, 0.2) is 15.0 Å². The molecule has 9 nitrogen and oxygen atoms in total. The summed E-state index contributed by atoms with van der Waals surface area (Å²) in [5.74, 6) is 0.225. The molecule has 2 aromatic carbocycles. The average molecular weight is 444 g/mol. The van der Waals surface area contributed by atoms with Crippen LogP contribution in [-0.4, -0.2) is 72.4 Å². The van der Waals surface area contributed by atoms with Crippen LogP contribution in [0, 0.1) is 0 Å². The Kier molecular flexibility index (Phi) is 5.50. The van der Waals surface area contributed by atoms with E-state index in [1.165, 1.54) is 6.26 Å². The number of benzene rings is 2. The Morgan fingerprint density at radius 2 is 1.90 bits per heavy atom. The number of H-pyrrole nitrogens is 1. The summed E-state index contributed by atoms with van der Waals surface area (Å²) in [6, 6.07) is 11.0. The third-order valence-electron chi connectivity index (χ3n) is 4.54. The van der Waals surface area contributed by atoms with Gasteiger partial charge in [0, 0.05) is 30.5 Å². The average Bonchev–Trinajstić information content (AvgIpc) is 3.35. The van der Waals surface area contributed by atoms with Gasteiger partial charge in [-0.1, -0.05) is 35.6 Å². The first-order chi connectivity index (χ1) is 14.3. The number of likely N-dealkylation sites (N-methyl/N-ethyl adjacent to an activating group) is 1. The number of rotatable bonds is 7. The highest BCUT2D eigenvalue weighted by Gasteiger charge is 2.23. The molecular weight excluding hydrogens is 422 g/mol. The summed E-state index contributed by atoms with van der Waals surface area (Å²) in [4.78, 5) is 7.02. The maximum Gasteiger partial charge on any atom is 0.206 e. The fourth-order valence-electron chi connectivity index (χ4n) is 3.19. The lowest BCUT2D eigenvalue weighted by Gasteiger charge is -2.12. The van der Waals surface area contributed by atoms with E-state index >= 15 is 0 Å². The highest BCUT2D eigenvalue weighted by molar-refractivity contribution is 7.90. The Bertz CT molecular complexity index is 1280.